The Balaban J connectivity index is 1.94. The zero-order valence-corrected chi connectivity index (χ0v) is 13.1. The van der Waals surface area contributed by atoms with E-state index in [2.05, 4.69) is 57.8 Å². The lowest BCUT2D eigenvalue weighted by atomic mass is 9.96. The molecule has 3 nitrogen and oxygen atoms in total. The third-order valence-corrected chi connectivity index (χ3v) is 4.42. The molecule has 0 aromatic carbocycles. The summed E-state index contributed by atoms with van der Waals surface area (Å²) in [5.74, 6) is 1.96. The van der Waals surface area contributed by atoms with Crippen molar-refractivity contribution < 1.29 is 0 Å². The Labute approximate surface area is 118 Å². The van der Waals surface area contributed by atoms with Crippen LogP contribution in [-0.4, -0.2) is 43.6 Å². The Hall–Kier alpha value is -0.610. The Bertz CT molecular complexity index is 398. The fourth-order valence-corrected chi connectivity index (χ4v) is 2.78. The Morgan fingerprint density at radius 3 is 2.61 bits per heavy atom. The van der Waals surface area contributed by atoms with E-state index in [0.29, 0.717) is 0 Å². The monoisotopic (exact) mass is 311 g/mol. The van der Waals surface area contributed by atoms with E-state index in [4.69, 9.17) is 0 Å². The number of aromatic nitrogens is 1. The Morgan fingerprint density at radius 1 is 1.39 bits per heavy atom. The number of halogens is 1. The van der Waals surface area contributed by atoms with Crippen LogP contribution in [0.5, 0.6) is 0 Å². The van der Waals surface area contributed by atoms with Gasteiger partial charge in [0.2, 0.25) is 0 Å². The van der Waals surface area contributed by atoms with E-state index in [1.165, 1.54) is 24.9 Å². The highest BCUT2D eigenvalue weighted by Crippen LogP contribution is 2.25. The number of pyridine rings is 1. The maximum Gasteiger partial charge on any atom is 0.128 e. The lowest BCUT2D eigenvalue weighted by Gasteiger charge is -2.34. The zero-order chi connectivity index (χ0) is 13.1. The molecule has 4 heteroatoms. The molecule has 1 saturated heterocycles. The van der Waals surface area contributed by atoms with Crippen LogP contribution in [0.15, 0.2) is 16.7 Å². The van der Waals surface area contributed by atoms with Crippen molar-refractivity contribution in [2.24, 2.45) is 5.92 Å². The molecule has 0 saturated carbocycles. The van der Waals surface area contributed by atoms with Crippen LogP contribution in [0, 0.1) is 12.8 Å². The highest BCUT2D eigenvalue weighted by molar-refractivity contribution is 9.10. The summed E-state index contributed by atoms with van der Waals surface area (Å²) in [4.78, 5) is 9.22. The average Bonchev–Trinajstić information content (AvgIpc) is 2.33. The third-order valence-electron chi connectivity index (χ3n) is 3.59. The van der Waals surface area contributed by atoms with E-state index in [1.54, 1.807) is 0 Å². The molecule has 1 aliphatic heterocycles. The topological polar surface area (TPSA) is 19.4 Å². The number of anilines is 1. The first-order valence-corrected chi connectivity index (χ1v) is 7.37. The molecule has 0 atom stereocenters. The van der Waals surface area contributed by atoms with E-state index in [0.717, 1.165) is 29.3 Å². The summed E-state index contributed by atoms with van der Waals surface area (Å²) in [6.45, 7) is 5.59. The molecule has 100 valence electrons. The first-order chi connectivity index (χ1) is 8.56. The van der Waals surface area contributed by atoms with Gasteiger partial charge in [0.15, 0.2) is 0 Å². The molecule has 1 aromatic heterocycles. The van der Waals surface area contributed by atoms with E-state index in [1.807, 2.05) is 6.20 Å². The summed E-state index contributed by atoms with van der Waals surface area (Å²) < 4.78 is 1.09. The van der Waals surface area contributed by atoms with Crippen LogP contribution in [0.4, 0.5) is 5.82 Å². The van der Waals surface area contributed by atoms with Gasteiger partial charge in [-0.3, -0.25) is 0 Å². The molecule has 0 bridgehead atoms. The number of piperidine rings is 1. The normalized spacial score (nSPS) is 17.5. The molecule has 1 fully saturated rings. The van der Waals surface area contributed by atoms with Gasteiger partial charge in [0, 0.05) is 30.3 Å². The molecular weight excluding hydrogens is 290 g/mol. The van der Waals surface area contributed by atoms with Crippen molar-refractivity contribution in [3.05, 3.63) is 22.3 Å². The number of hydrogen-bond acceptors (Lipinski definition) is 3. The van der Waals surface area contributed by atoms with Crippen molar-refractivity contribution in [2.75, 3.05) is 38.6 Å². The summed E-state index contributed by atoms with van der Waals surface area (Å²) in [6, 6.07) is 2.18. The smallest absolute Gasteiger partial charge is 0.128 e. The van der Waals surface area contributed by atoms with Gasteiger partial charge in [-0.2, -0.15) is 0 Å². The highest BCUT2D eigenvalue weighted by Gasteiger charge is 2.20. The van der Waals surface area contributed by atoms with Gasteiger partial charge >= 0.3 is 0 Å². The van der Waals surface area contributed by atoms with Gasteiger partial charge in [-0.1, -0.05) is 0 Å². The summed E-state index contributed by atoms with van der Waals surface area (Å²) in [6.07, 6.45) is 4.46. The van der Waals surface area contributed by atoms with Gasteiger partial charge in [-0.25, -0.2) is 4.98 Å². The predicted molar refractivity (Wildman–Crippen MR) is 80.2 cm³/mol. The number of rotatable bonds is 3. The third kappa shape index (κ3) is 3.45. The van der Waals surface area contributed by atoms with Crippen molar-refractivity contribution in [1.29, 1.82) is 0 Å². The zero-order valence-electron chi connectivity index (χ0n) is 11.5. The van der Waals surface area contributed by atoms with Gasteiger partial charge in [0.25, 0.3) is 0 Å². The standard InChI is InChI=1S/C14H22BrN3/c1-11-8-14(16-9-13(11)15)18-6-4-12(5-7-18)10-17(2)3/h8-9,12H,4-7,10H2,1-3H3. The molecule has 0 unspecified atom stereocenters. The molecule has 2 rings (SSSR count). The van der Waals surface area contributed by atoms with Gasteiger partial charge in [0.1, 0.15) is 5.82 Å². The molecule has 1 aromatic rings. The minimum atomic E-state index is 0.841. The van der Waals surface area contributed by atoms with E-state index in [-0.39, 0.29) is 0 Å². The van der Waals surface area contributed by atoms with Crippen molar-refractivity contribution in [3.63, 3.8) is 0 Å². The molecule has 18 heavy (non-hydrogen) atoms. The predicted octanol–water partition coefficient (Wildman–Crippen LogP) is 2.93. The van der Waals surface area contributed by atoms with Gasteiger partial charge in [0.05, 0.1) is 0 Å². The van der Waals surface area contributed by atoms with E-state index in [9.17, 15) is 0 Å². The maximum atomic E-state index is 4.52. The lowest BCUT2D eigenvalue weighted by Crippen LogP contribution is -2.37. The van der Waals surface area contributed by atoms with Crippen LogP contribution >= 0.6 is 15.9 Å². The Kier molecular flexibility index (Phi) is 4.62. The summed E-state index contributed by atoms with van der Waals surface area (Å²) in [7, 11) is 4.32. The molecular formula is C14H22BrN3. The van der Waals surface area contributed by atoms with Crippen LogP contribution in [0.2, 0.25) is 0 Å². The average molecular weight is 312 g/mol. The van der Waals surface area contributed by atoms with E-state index >= 15 is 0 Å². The highest BCUT2D eigenvalue weighted by atomic mass is 79.9. The number of aryl methyl sites for hydroxylation is 1. The van der Waals surface area contributed by atoms with Crippen molar-refractivity contribution in [2.45, 2.75) is 19.8 Å². The SMILES string of the molecule is Cc1cc(N2CCC(CN(C)C)CC2)ncc1Br. The van der Waals surface area contributed by atoms with E-state index < -0.39 is 0 Å². The molecule has 0 amide bonds. The van der Waals surface area contributed by atoms with Gasteiger partial charge < -0.3 is 9.80 Å². The summed E-state index contributed by atoms with van der Waals surface area (Å²) >= 11 is 3.50. The molecule has 0 N–H and O–H groups in total. The van der Waals surface area contributed by atoms with Gasteiger partial charge in [-0.05, 0) is 67.3 Å². The Morgan fingerprint density at radius 2 is 2.06 bits per heavy atom. The molecule has 0 radical (unpaired) electrons. The van der Waals surface area contributed by atoms with Crippen LogP contribution < -0.4 is 4.90 Å². The first kappa shape index (κ1) is 13.8. The van der Waals surface area contributed by atoms with Crippen LogP contribution in [0.3, 0.4) is 0 Å². The number of hydrogen-bond donors (Lipinski definition) is 0. The summed E-state index contributed by atoms with van der Waals surface area (Å²) in [5, 5.41) is 0. The second-order valence-electron chi connectivity index (χ2n) is 5.48. The van der Waals surface area contributed by atoms with Crippen LogP contribution in [0.1, 0.15) is 18.4 Å². The van der Waals surface area contributed by atoms with Gasteiger partial charge in [-0.15, -0.1) is 0 Å². The van der Waals surface area contributed by atoms with Crippen molar-refractivity contribution >= 4 is 21.7 Å². The largest absolute Gasteiger partial charge is 0.357 e. The fraction of sp³-hybridized carbons (Fsp3) is 0.643. The molecule has 0 spiro atoms. The first-order valence-electron chi connectivity index (χ1n) is 6.58. The quantitative estimate of drug-likeness (QED) is 0.855. The minimum absolute atomic E-state index is 0.841. The second-order valence-corrected chi connectivity index (χ2v) is 6.34. The van der Waals surface area contributed by atoms with Crippen molar-refractivity contribution in [3.8, 4) is 0 Å². The molecule has 1 aliphatic rings. The maximum absolute atomic E-state index is 4.52. The minimum Gasteiger partial charge on any atom is -0.357 e. The molecule has 0 aliphatic carbocycles. The van der Waals surface area contributed by atoms with Crippen LogP contribution in [0.25, 0.3) is 0 Å². The van der Waals surface area contributed by atoms with Crippen LogP contribution in [-0.2, 0) is 0 Å². The molecule has 2 heterocycles. The summed E-state index contributed by atoms with van der Waals surface area (Å²) in [5.41, 5.74) is 1.26. The fourth-order valence-electron chi connectivity index (χ4n) is 2.56. The van der Waals surface area contributed by atoms with Crippen molar-refractivity contribution in [1.82, 2.24) is 9.88 Å². The second kappa shape index (κ2) is 6.02. The number of nitrogens with zero attached hydrogens (tertiary/aromatic N) is 3. The lowest BCUT2D eigenvalue weighted by molar-refractivity contribution is 0.284.